The van der Waals surface area contributed by atoms with E-state index in [1.165, 1.54) is 10.9 Å². The second-order valence-electron chi connectivity index (χ2n) is 4.89. The van der Waals surface area contributed by atoms with Crippen LogP contribution in [0.2, 0.25) is 0 Å². The molecule has 0 spiro atoms. The zero-order valence-corrected chi connectivity index (χ0v) is 11.7. The van der Waals surface area contributed by atoms with Gasteiger partial charge in [0, 0.05) is 26.2 Å². The van der Waals surface area contributed by atoms with Crippen LogP contribution in [0.3, 0.4) is 0 Å². The van der Waals surface area contributed by atoms with E-state index >= 15 is 0 Å². The van der Waals surface area contributed by atoms with Crippen molar-refractivity contribution >= 4 is 5.91 Å². The first-order chi connectivity index (χ1) is 10.2. The summed E-state index contributed by atoms with van der Waals surface area (Å²) in [4.78, 5) is 16.1. The molecule has 9 heteroatoms. The highest BCUT2D eigenvalue weighted by Gasteiger charge is 2.21. The Balaban J connectivity index is 1.56. The SMILES string of the molecule is Cn1cc(C(=O)NCc2nc(C3CCOCC3)no2)nn1. The molecule has 1 fully saturated rings. The molecule has 0 unspecified atom stereocenters. The van der Waals surface area contributed by atoms with Crippen molar-refractivity contribution in [2.75, 3.05) is 13.2 Å². The molecule has 1 saturated heterocycles. The summed E-state index contributed by atoms with van der Waals surface area (Å²) >= 11 is 0. The summed E-state index contributed by atoms with van der Waals surface area (Å²) in [5.41, 5.74) is 0.252. The Morgan fingerprint density at radius 2 is 2.29 bits per heavy atom. The van der Waals surface area contributed by atoms with Gasteiger partial charge in [0.1, 0.15) is 0 Å². The molecule has 9 nitrogen and oxygen atoms in total. The molecule has 0 atom stereocenters. The lowest BCUT2D eigenvalue weighted by atomic mass is 10.00. The van der Waals surface area contributed by atoms with Crippen molar-refractivity contribution in [1.82, 2.24) is 30.5 Å². The Kier molecular flexibility index (Phi) is 3.91. The normalized spacial score (nSPS) is 16.0. The molecule has 3 heterocycles. The van der Waals surface area contributed by atoms with Gasteiger partial charge in [0.15, 0.2) is 11.5 Å². The molecule has 2 aromatic rings. The number of rotatable bonds is 4. The predicted molar refractivity (Wildman–Crippen MR) is 69.3 cm³/mol. The highest BCUT2D eigenvalue weighted by atomic mass is 16.5. The number of carbonyl (C=O) groups is 1. The summed E-state index contributed by atoms with van der Waals surface area (Å²) in [6.07, 6.45) is 3.33. The maximum absolute atomic E-state index is 11.8. The van der Waals surface area contributed by atoms with Crippen LogP contribution >= 0.6 is 0 Å². The Morgan fingerprint density at radius 1 is 1.48 bits per heavy atom. The standard InChI is InChI=1S/C12H16N6O3/c1-18-7-9(15-17-18)12(19)13-6-10-14-11(16-21-10)8-2-4-20-5-3-8/h7-8H,2-6H2,1H3,(H,13,19). The third-order valence-electron chi connectivity index (χ3n) is 3.31. The van der Waals surface area contributed by atoms with E-state index in [0.29, 0.717) is 11.7 Å². The van der Waals surface area contributed by atoms with E-state index in [2.05, 4.69) is 25.8 Å². The largest absolute Gasteiger partial charge is 0.381 e. The second kappa shape index (κ2) is 6.00. The zero-order chi connectivity index (χ0) is 14.7. The topological polar surface area (TPSA) is 108 Å². The lowest BCUT2D eigenvalue weighted by Gasteiger charge is -2.18. The molecule has 0 aliphatic carbocycles. The van der Waals surface area contributed by atoms with Crippen LogP contribution in [0.15, 0.2) is 10.7 Å². The number of nitrogens with zero attached hydrogens (tertiary/aromatic N) is 5. The quantitative estimate of drug-likeness (QED) is 0.846. The summed E-state index contributed by atoms with van der Waals surface area (Å²) in [5.74, 6) is 1.01. The molecule has 1 N–H and O–H groups in total. The van der Waals surface area contributed by atoms with Crippen LogP contribution in [-0.4, -0.2) is 44.3 Å². The number of hydrogen-bond donors (Lipinski definition) is 1. The lowest BCUT2D eigenvalue weighted by Crippen LogP contribution is -2.23. The molecule has 0 radical (unpaired) electrons. The number of nitrogens with one attached hydrogen (secondary N) is 1. The molecule has 1 aliphatic rings. The average Bonchev–Trinajstić information content (AvgIpc) is 3.15. The smallest absolute Gasteiger partial charge is 0.273 e. The minimum Gasteiger partial charge on any atom is -0.381 e. The number of carbonyl (C=O) groups excluding carboxylic acids is 1. The summed E-state index contributed by atoms with van der Waals surface area (Å²) < 4.78 is 11.9. The van der Waals surface area contributed by atoms with E-state index in [9.17, 15) is 4.79 Å². The molecule has 1 amide bonds. The van der Waals surface area contributed by atoms with E-state index in [-0.39, 0.29) is 24.1 Å². The van der Waals surface area contributed by atoms with Gasteiger partial charge in [-0.1, -0.05) is 10.4 Å². The van der Waals surface area contributed by atoms with Crippen molar-refractivity contribution in [3.05, 3.63) is 23.6 Å². The van der Waals surface area contributed by atoms with Crippen LogP contribution in [0.5, 0.6) is 0 Å². The number of ether oxygens (including phenoxy) is 1. The summed E-state index contributed by atoms with van der Waals surface area (Å²) in [6.45, 7) is 1.61. The van der Waals surface area contributed by atoms with Gasteiger partial charge in [-0.15, -0.1) is 5.10 Å². The van der Waals surface area contributed by atoms with Crippen LogP contribution in [-0.2, 0) is 18.3 Å². The molecule has 1 aliphatic heterocycles. The zero-order valence-electron chi connectivity index (χ0n) is 11.7. The Labute approximate surface area is 120 Å². The van der Waals surface area contributed by atoms with Gasteiger partial charge in [0.25, 0.3) is 5.91 Å². The lowest BCUT2D eigenvalue weighted by molar-refractivity contribution is 0.0830. The first kappa shape index (κ1) is 13.7. The maximum atomic E-state index is 11.8. The van der Waals surface area contributed by atoms with Crippen molar-refractivity contribution in [3.8, 4) is 0 Å². The van der Waals surface area contributed by atoms with Gasteiger partial charge in [-0.05, 0) is 12.8 Å². The number of aromatic nitrogens is 5. The van der Waals surface area contributed by atoms with Crippen LogP contribution in [0.4, 0.5) is 0 Å². The number of aryl methyl sites for hydroxylation is 1. The molecule has 0 saturated carbocycles. The molecule has 2 aromatic heterocycles. The van der Waals surface area contributed by atoms with Gasteiger partial charge in [-0.2, -0.15) is 4.98 Å². The minimum atomic E-state index is -0.325. The fourth-order valence-electron chi connectivity index (χ4n) is 2.16. The fraction of sp³-hybridized carbons (Fsp3) is 0.583. The van der Waals surface area contributed by atoms with E-state index in [1.54, 1.807) is 7.05 Å². The Hall–Kier alpha value is -2.29. The Morgan fingerprint density at radius 3 is 3.00 bits per heavy atom. The highest BCUT2D eigenvalue weighted by molar-refractivity contribution is 5.91. The van der Waals surface area contributed by atoms with Crippen molar-refractivity contribution in [1.29, 1.82) is 0 Å². The van der Waals surface area contributed by atoms with Gasteiger partial charge in [0.2, 0.25) is 5.89 Å². The molecular weight excluding hydrogens is 276 g/mol. The van der Waals surface area contributed by atoms with E-state index < -0.39 is 0 Å². The minimum absolute atomic E-state index is 0.172. The van der Waals surface area contributed by atoms with Crippen molar-refractivity contribution < 1.29 is 14.1 Å². The van der Waals surface area contributed by atoms with Gasteiger partial charge in [-0.3, -0.25) is 9.48 Å². The van der Waals surface area contributed by atoms with Crippen LogP contribution in [0.25, 0.3) is 0 Å². The van der Waals surface area contributed by atoms with Crippen molar-refractivity contribution in [3.63, 3.8) is 0 Å². The molecule has 3 rings (SSSR count). The van der Waals surface area contributed by atoms with Crippen LogP contribution in [0.1, 0.15) is 41.0 Å². The second-order valence-corrected chi connectivity index (χ2v) is 4.89. The van der Waals surface area contributed by atoms with Gasteiger partial charge in [-0.25, -0.2) is 0 Å². The Bertz CT molecular complexity index is 616. The predicted octanol–water partition coefficient (Wildman–Crippen LogP) is 0.0221. The number of amides is 1. The molecule has 21 heavy (non-hydrogen) atoms. The van der Waals surface area contributed by atoms with Crippen molar-refractivity contribution in [2.24, 2.45) is 7.05 Å². The van der Waals surface area contributed by atoms with Gasteiger partial charge < -0.3 is 14.6 Å². The summed E-state index contributed by atoms with van der Waals surface area (Å²) in [6, 6.07) is 0. The van der Waals surface area contributed by atoms with Gasteiger partial charge >= 0.3 is 0 Å². The summed E-state index contributed by atoms with van der Waals surface area (Å²) in [5, 5.41) is 14.1. The molecule has 0 aromatic carbocycles. The first-order valence-electron chi connectivity index (χ1n) is 6.77. The van der Waals surface area contributed by atoms with Crippen LogP contribution < -0.4 is 5.32 Å². The summed E-state index contributed by atoms with van der Waals surface area (Å²) in [7, 11) is 1.70. The van der Waals surface area contributed by atoms with E-state index in [1.807, 2.05) is 0 Å². The molecular formula is C12H16N6O3. The number of hydrogen-bond acceptors (Lipinski definition) is 7. The van der Waals surface area contributed by atoms with E-state index in [4.69, 9.17) is 9.26 Å². The average molecular weight is 292 g/mol. The van der Waals surface area contributed by atoms with Crippen molar-refractivity contribution in [2.45, 2.75) is 25.3 Å². The highest BCUT2D eigenvalue weighted by Crippen LogP contribution is 2.24. The van der Waals surface area contributed by atoms with Crippen LogP contribution in [0, 0.1) is 0 Å². The third kappa shape index (κ3) is 3.24. The maximum Gasteiger partial charge on any atom is 0.273 e. The van der Waals surface area contributed by atoms with Gasteiger partial charge in [0.05, 0.1) is 12.7 Å². The fourth-order valence-corrected chi connectivity index (χ4v) is 2.16. The van der Waals surface area contributed by atoms with E-state index in [0.717, 1.165) is 26.1 Å². The monoisotopic (exact) mass is 292 g/mol. The molecule has 112 valence electrons. The first-order valence-corrected chi connectivity index (χ1v) is 6.77. The third-order valence-corrected chi connectivity index (χ3v) is 3.31. The molecule has 0 bridgehead atoms.